The van der Waals surface area contributed by atoms with Gasteiger partial charge in [0.25, 0.3) is 0 Å². The first kappa shape index (κ1) is 26.1. The summed E-state index contributed by atoms with van der Waals surface area (Å²) < 4.78 is 51.6. The third-order valence-corrected chi connectivity index (χ3v) is 5.79. The summed E-state index contributed by atoms with van der Waals surface area (Å²) in [5, 5.41) is 59.6. The Morgan fingerprint density at radius 1 is 0.973 bits per heavy atom. The van der Waals surface area contributed by atoms with Gasteiger partial charge < -0.3 is 44.5 Å². The van der Waals surface area contributed by atoms with E-state index in [4.69, 9.17) is 18.4 Å². The first-order valence-corrected chi connectivity index (χ1v) is 11.5. The van der Waals surface area contributed by atoms with Gasteiger partial charge in [0.05, 0.1) is 0 Å². The molecule has 15 nitrogen and oxygen atoms in total. The molecule has 1 aliphatic heterocycles. The van der Waals surface area contributed by atoms with Crippen LogP contribution in [0.4, 0.5) is 0 Å². The van der Waals surface area contributed by atoms with E-state index in [-0.39, 0.29) is 17.1 Å². The number of aliphatic carboxylic acids is 1. The zero-order chi connectivity index (χ0) is 27.2. The number of carbonyl (C=O) groups is 1. The summed E-state index contributed by atoms with van der Waals surface area (Å²) in [5.74, 6) is -4.41. The van der Waals surface area contributed by atoms with E-state index >= 15 is 0 Å². The second kappa shape index (κ2) is 9.51. The lowest BCUT2D eigenvalue weighted by molar-refractivity contribution is -0.266. The number of ether oxygens (including phenoxy) is 2. The molecule has 198 valence electrons. The van der Waals surface area contributed by atoms with Gasteiger partial charge in [0.1, 0.15) is 41.0 Å². The fourth-order valence-corrected chi connectivity index (χ4v) is 4.18. The van der Waals surface area contributed by atoms with Crippen molar-refractivity contribution >= 4 is 27.3 Å². The molecule has 1 saturated heterocycles. The van der Waals surface area contributed by atoms with Crippen molar-refractivity contribution in [3.8, 4) is 34.3 Å². The quantitative estimate of drug-likeness (QED) is 0.197. The van der Waals surface area contributed by atoms with Gasteiger partial charge >= 0.3 is 16.4 Å². The standard InChI is InChI=1S/C21H18O15S/c22-8-3-1-7(2-4-8)12-6-10(24)13-9(23)5-11(25)16(17(13)33-12)34-21-15(27)18(36-37(30,31)32)14(26)19(35-21)20(28)29/h1-6,14-15,18-19,21-23,25-27H,(H,28,29)(H,30,31,32)/t14-,15+,18-,19-,21+/m0/s1. The van der Waals surface area contributed by atoms with Crippen molar-refractivity contribution in [1.29, 1.82) is 0 Å². The molecule has 0 amide bonds. The molecule has 0 spiro atoms. The first-order chi connectivity index (χ1) is 17.3. The molecule has 0 bridgehead atoms. The molecular formula is C21H18O15S. The second-order valence-corrected chi connectivity index (χ2v) is 8.87. The number of aliphatic hydroxyl groups is 2. The third-order valence-electron chi connectivity index (χ3n) is 5.32. The highest BCUT2D eigenvalue weighted by Gasteiger charge is 2.51. The third kappa shape index (κ3) is 5.15. The van der Waals surface area contributed by atoms with Gasteiger partial charge in [0.2, 0.25) is 12.0 Å². The van der Waals surface area contributed by atoms with Crippen molar-refractivity contribution in [3.05, 3.63) is 46.6 Å². The highest BCUT2D eigenvalue weighted by atomic mass is 32.3. The number of rotatable bonds is 6. The maximum Gasteiger partial charge on any atom is 0.397 e. The molecule has 16 heteroatoms. The Balaban J connectivity index is 1.83. The molecule has 7 N–H and O–H groups in total. The number of phenolic OH excluding ortho intramolecular Hbond substituents is 3. The number of hydrogen-bond donors (Lipinski definition) is 7. The van der Waals surface area contributed by atoms with Crippen molar-refractivity contribution in [1.82, 2.24) is 0 Å². The van der Waals surface area contributed by atoms with Crippen molar-refractivity contribution < 1.29 is 66.5 Å². The van der Waals surface area contributed by atoms with E-state index in [2.05, 4.69) is 4.18 Å². The molecule has 0 radical (unpaired) electrons. The topological polar surface area (TPSA) is 251 Å². The van der Waals surface area contributed by atoms with Crippen LogP contribution in [0.25, 0.3) is 22.3 Å². The van der Waals surface area contributed by atoms with Gasteiger partial charge in [-0.1, -0.05) is 0 Å². The Morgan fingerprint density at radius 2 is 1.62 bits per heavy atom. The average molecular weight is 542 g/mol. The number of fused-ring (bicyclic) bond motifs is 1. The van der Waals surface area contributed by atoms with Gasteiger partial charge in [0.15, 0.2) is 22.9 Å². The maximum absolute atomic E-state index is 12.8. The smallest absolute Gasteiger partial charge is 0.397 e. The van der Waals surface area contributed by atoms with Crippen LogP contribution in [0, 0.1) is 0 Å². The molecule has 0 unspecified atom stereocenters. The molecular weight excluding hydrogens is 524 g/mol. The predicted molar refractivity (Wildman–Crippen MR) is 118 cm³/mol. The normalized spacial score (nSPS) is 24.1. The predicted octanol–water partition coefficient (Wildman–Crippen LogP) is -0.325. The summed E-state index contributed by atoms with van der Waals surface area (Å²) in [6.07, 6.45) is -11.3. The summed E-state index contributed by atoms with van der Waals surface area (Å²) in [4.78, 5) is 24.3. The highest BCUT2D eigenvalue weighted by molar-refractivity contribution is 7.80. The number of aromatic hydroxyl groups is 3. The fraction of sp³-hybridized carbons (Fsp3) is 0.238. The molecule has 0 saturated carbocycles. The number of carboxylic acids is 1. The number of phenols is 3. The lowest BCUT2D eigenvalue weighted by atomic mass is 9.99. The van der Waals surface area contributed by atoms with Crippen LogP contribution >= 0.6 is 0 Å². The molecule has 37 heavy (non-hydrogen) atoms. The Labute approximate surface area is 205 Å². The van der Waals surface area contributed by atoms with Crippen LogP contribution in [-0.4, -0.2) is 80.3 Å². The zero-order valence-electron chi connectivity index (χ0n) is 18.2. The Kier molecular flexibility index (Phi) is 6.72. The SMILES string of the molecule is O=C(O)[C@H]1O[C@@H](Oc2c(O)cc(O)c3c(=O)cc(-c4ccc(O)cc4)oc23)[C@H](O)[C@@H](OS(=O)(=O)O)[C@@H]1O. The zero-order valence-corrected chi connectivity index (χ0v) is 19.0. The highest BCUT2D eigenvalue weighted by Crippen LogP contribution is 2.42. The van der Waals surface area contributed by atoms with E-state index < -0.39 is 80.7 Å². The van der Waals surface area contributed by atoms with Crippen molar-refractivity contribution in [2.24, 2.45) is 0 Å². The van der Waals surface area contributed by atoms with Crippen molar-refractivity contribution in [2.75, 3.05) is 0 Å². The van der Waals surface area contributed by atoms with E-state index in [1.807, 2.05) is 0 Å². The molecule has 1 aromatic heterocycles. The van der Waals surface area contributed by atoms with Gasteiger partial charge in [-0.05, 0) is 24.3 Å². The van der Waals surface area contributed by atoms with Gasteiger partial charge in [-0.3, -0.25) is 9.35 Å². The second-order valence-electron chi connectivity index (χ2n) is 7.82. The summed E-state index contributed by atoms with van der Waals surface area (Å²) in [5.41, 5.74) is -1.13. The first-order valence-electron chi connectivity index (χ1n) is 10.2. The van der Waals surface area contributed by atoms with Crippen LogP contribution in [0.15, 0.2) is 45.6 Å². The molecule has 2 heterocycles. The number of aliphatic hydroxyl groups excluding tert-OH is 2. The van der Waals surface area contributed by atoms with E-state index in [1.54, 1.807) is 0 Å². The van der Waals surface area contributed by atoms with Gasteiger partial charge in [0, 0.05) is 17.7 Å². The van der Waals surface area contributed by atoms with E-state index in [0.717, 1.165) is 6.07 Å². The van der Waals surface area contributed by atoms with Crippen molar-refractivity contribution in [3.63, 3.8) is 0 Å². The summed E-state index contributed by atoms with van der Waals surface area (Å²) in [7, 11) is -5.31. The molecule has 5 atom stereocenters. The lowest BCUT2D eigenvalue weighted by Gasteiger charge is -2.39. The monoisotopic (exact) mass is 542 g/mol. The molecule has 2 aromatic carbocycles. The summed E-state index contributed by atoms with van der Waals surface area (Å²) >= 11 is 0. The molecule has 3 aromatic rings. The number of benzene rings is 2. The minimum atomic E-state index is -5.31. The molecule has 1 fully saturated rings. The number of hydrogen-bond acceptors (Lipinski definition) is 13. The fourth-order valence-electron chi connectivity index (χ4n) is 3.67. The largest absolute Gasteiger partial charge is 0.508 e. The van der Waals surface area contributed by atoms with E-state index in [9.17, 15) is 48.6 Å². The van der Waals surface area contributed by atoms with Crippen LogP contribution in [-0.2, 0) is 24.1 Å². The Hall–Kier alpha value is -3.93. The Morgan fingerprint density at radius 3 is 2.22 bits per heavy atom. The van der Waals surface area contributed by atoms with Crippen LogP contribution in [0.2, 0.25) is 0 Å². The van der Waals surface area contributed by atoms with Gasteiger partial charge in [-0.2, -0.15) is 8.42 Å². The maximum atomic E-state index is 12.8. The van der Waals surface area contributed by atoms with Crippen molar-refractivity contribution in [2.45, 2.75) is 30.7 Å². The van der Waals surface area contributed by atoms with Crippen LogP contribution < -0.4 is 10.2 Å². The minimum Gasteiger partial charge on any atom is -0.508 e. The lowest BCUT2D eigenvalue weighted by Crippen LogP contribution is -2.62. The summed E-state index contributed by atoms with van der Waals surface area (Å²) in [6.45, 7) is 0. The van der Waals surface area contributed by atoms with Crippen LogP contribution in [0.5, 0.6) is 23.0 Å². The van der Waals surface area contributed by atoms with Gasteiger partial charge in [-0.25, -0.2) is 8.98 Å². The van der Waals surface area contributed by atoms with Crippen LogP contribution in [0.1, 0.15) is 0 Å². The molecule has 0 aliphatic carbocycles. The Bertz CT molecular complexity index is 1510. The average Bonchev–Trinajstić information content (AvgIpc) is 2.79. The molecule has 1 aliphatic rings. The minimum absolute atomic E-state index is 0.0912. The van der Waals surface area contributed by atoms with Crippen LogP contribution in [0.3, 0.4) is 0 Å². The van der Waals surface area contributed by atoms with E-state index in [1.165, 1.54) is 24.3 Å². The molecule has 4 rings (SSSR count). The van der Waals surface area contributed by atoms with E-state index in [0.29, 0.717) is 6.07 Å². The summed E-state index contributed by atoms with van der Waals surface area (Å²) in [6, 6.07) is 7.01. The number of carboxylic acid groups (broad SMARTS) is 1. The van der Waals surface area contributed by atoms with Gasteiger partial charge in [-0.15, -0.1) is 0 Å².